The van der Waals surface area contributed by atoms with Crippen LogP contribution in [0.4, 0.5) is 4.79 Å². The number of piperidine rings is 1. The molecule has 1 N–H and O–H groups in total. The van der Waals surface area contributed by atoms with Crippen molar-refractivity contribution in [1.29, 1.82) is 0 Å². The number of nitrogens with zero attached hydrogens (tertiary/aromatic N) is 3. The van der Waals surface area contributed by atoms with Gasteiger partial charge in [-0.2, -0.15) is 0 Å². The average molecular weight is 551 g/mol. The summed E-state index contributed by atoms with van der Waals surface area (Å²) >= 11 is 0. The van der Waals surface area contributed by atoms with Crippen LogP contribution in [-0.2, 0) is 9.47 Å². The molecule has 0 radical (unpaired) electrons. The predicted molar refractivity (Wildman–Crippen MR) is 135 cm³/mol. The van der Waals surface area contributed by atoms with E-state index < -0.39 is 5.60 Å². The lowest BCUT2D eigenvalue weighted by molar-refractivity contribution is 0.00928. The van der Waals surface area contributed by atoms with Crippen molar-refractivity contribution in [3.63, 3.8) is 0 Å². The van der Waals surface area contributed by atoms with E-state index in [1.54, 1.807) is 0 Å². The third kappa shape index (κ3) is 9.72. The van der Waals surface area contributed by atoms with Gasteiger partial charge in [0.05, 0.1) is 0 Å². The number of halogens is 1. The van der Waals surface area contributed by atoms with E-state index >= 15 is 0 Å². The summed E-state index contributed by atoms with van der Waals surface area (Å²) < 4.78 is 11.4. The fraction of sp³-hybridized carbons (Fsp3) is 0.913. The van der Waals surface area contributed by atoms with E-state index in [9.17, 15) is 4.79 Å². The first-order valence-electron chi connectivity index (χ1n) is 11.9. The molecule has 1 saturated heterocycles. The number of nitrogens with one attached hydrogen (secondary N) is 1. The fourth-order valence-corrected chi connectivity index (χ4v) is 3.90. The molecule has 0 spiro atoms. The van der Waals surface area contributed by atoms with Gasteiger partial charge in [0.25, 0.3) is 0 Å². The minimum absolute atomic E-state index is 0. The molecule has 3 fully saturated rings. The maximum atomic E-state index is 12.8. The van der Waals surface area contributed by atoms with Crippen molar-refractivity contribution < 1.29 is 14.3 Å². The molecular weight excluding hydrogens is 507 g/mol. The topological polar surface area (TPSA) is 66.4 Å². The molecule has 0 unspecified atom stereocenters. The summed E-state index contributed by atoms with van der Waals surface area (Å²) in [7, 11) is 1.85. The van der Waals surface area contributed by atoms with Crippen molar-refractivity contribution in [2.75, 3.05) is 46.4 Å². The van der Waals surface area contributed by atoms with Crippen LogP contribution < -0.4 is 5.32 Å². The van der Waals surface area contributed by atoms with Gasteiger partial charge >= 0.3 is 6.09 Å². The average Bonchev–Trinajstić information content (AvgIpc) is 3.60. The largest absolute Gasteiger partial charge is 0.444 e. The summed E-state index contributed by atoms with van der Waals surface area (Å²) in [5.41, 5.74) is -0.450. The van der Waals surface area contributed by atoms with Crippen LogP contribution in [-0.4, -0.2) is 79.9 Å². The number of amides is 1. The first kappa shape index (κ1) is 26.5. The Morgan fingerprint density at radius 2 is 1.74 bits per heavy atom. The monoisotopic (exact) mass is 550 g/mol. The predicted octanol–water partition coefficient (Wildman–Crippen LogP) is 4.11. The normalized spacial score (nSPS) is 20.3. The van der Waals surface area contributed by atoms with Gasteiger partial charge in [-0.05, 0) is 77.6 Å². The Kier molecular flexibility index (Phi) is 10.6. The van der Waals surface area contributed by atoms with Crippen LogP contribution in [0.5, 0.6) is 0 Å². The maximum absolute atomic E-state index is 12.8. The Balaban J connectivity index is 0.00000341. The zero-order valence-electron chi connectivity index (χ0n) is 19.9. The summed E-state index contributed by atoms with van der Waals surface area (Å²) in [6.45, 7) is 11.1. The molecule has 0 aromatic rings. The van der Waals surface area contributed by atoms with Gasteiger partial charge in [-0.1, -0.05) is 0 Å². The van der Waals surface area contributed by atoms with Crippen molar-refractivity contribution in [2.45, 2.75) is 77.4 Å². The minimum Gasteiger partial charge on any atom is -0.444 e. The molecule has 0 aromatic carbocycles. The van der Waals surface area contributed by atoms with Gasteiger partial charge < -0.3 is 24.6 Å². The molecule has 2 aliphatic carbocycles. The van der Waals surface area contributed by atoms with Crippen LogP contribution in [0.3, 0.4) is 0 Å². The van der Waals surface area contributed by atoms with Crippen molar-refractivity contribution in [1.82, 2.24) is 15.1 Å². The number of rotatable bonds is 9. The number of hydrogen-bond donors (Lipinski definition) is 1. The van der Waals surface area contributed by atoms with Gasteiger partial charge in [0.15, 0.2) is 5.96 Å². The SMILES string of the molecule is CN=C(NCCCOCC1CC1)N1CCC(N(CC2CC2)C(=O)OC(C)(C)C)CC1.I. The lowest BCUT2D eigenvalue weighted by Gasteiger charge is -2.40. The summed E-state index contributed by atoms with van der Waals surface area (Å²) in [6, 6.07) is 0.255. The van der Waals surface area contributed by atoms with Gasteiger partial charge in [-0.15, -0.1) is 24.0 Å². The third-order valence-electron chi connectivity index (χ3n) is 6.00. The number of ether oxygens (including phenoxy) is 2. The molecule has 0 aromatic heterocycles. The Labute approximate surface area is 205 Å². The molecular formula is C23H43IN4O3. The van der Waals surface area contributed by atoms with Crippen molar-refractivity contribution >= 4 is 36.0 Å². The number of likely N-dealkylation sites (tertiary alicyclic amines) is 1. The first-order chi connectivity index (χ1) is 14.4. The highest BCUT2D eigenvalue weighted by Crippen LogP contribution is 2.32. The number of guanidine groups is 1. The molecule has 8 heteroatoms. The maximum Gasteiger partial charge on any atom is 0.410 e. The van der Waals surface area contributed by atoms with Gasteiger partial charge in [0.2, 0.25) is 0 Å². The lowest BCUT2D eigenvalue weighted by atomic mass is 10.0. The summed E-state index contributed by atoms with van der Waals surface area (Å²) in [4.78, 5) is 21.6. The van der Waals surface area contributed by atoms with Crippen molar-refractivity contribution in [2.24, 2.45) is 16.8 Å². The second-order valence-electron chi connectivity index (χ2n) is 10.1. The summed E-state index contributed by atoms with van der Waals surface area (Å²) in [5, 5.41) is 3.47. The Morgan fingerprint density at radius 1 is 1.10 bits per heavy atom. The van der Waals surface area contributed by atoms with Crippen molar-refractivity contribution in [3.8, 4) is 0 Å². The molecule has 3 aliphatic rings. The highest BCUT2D eigenvalue weighted by Gasteiger charge is 2.35. The smallest absolute Gasteiger partial charge is 0.410 e. The van der Waals surface area contributed by atoms with E-state index in [1.165, 1.54) is 25.7 Å². The van der Waals surface area contributed by atoms with Gasteiger partial charge in [0.1, 0.15) is 5.60 Å². The summed E-state index contributed by atoms with van der Waals surface area (Å²) in [5.74, 6) is 2.45. The van der Waals surface area contributed by atoms with E-state index in [0.29, 0.717) is 5.92 Å². The van der Waals surface area contributed by atoms with Gasteiger partial charge in [-0.25, -0.2) is 4.79 Å². The molecule has 7 nitrogen and oxygen atoms in total. The quantitative estimate of drug-likeness (QED) is 0.203. The minimum atomic E-state index is -0.450. The zero-order chi connectivity index (χ0) is 21.6. The first-order valence-corrected chi connectivity index (χ1v) is 11.9. The third-order valence-corrected chi connectivity index (χ3v) is 6.00. The fourth-order valence-electron chi connectivity index (χ4n) is 3.90. The lowest BCUT2D eigenvalue weighted by Crippen LogP contribution is -2.52. The standard InChI is InChI=1S/C23H42N4O3.HI/c1-23(2,3)30-22(28)27(16-18-6-7-18)20-10-13-26(14-11-20)21(24-4)25-12-5-15-29-17-19-8-9-19;/h18-20H,5-17H2,1-4H3,(H,24,25);1H. The van der Waals surface area contributed by atoms with Crippen LogP contribution in [0.2, 0.25) is 0 Å². The van der Waals surface area contributed by atoms with Crippen LogP contribution in [0.1, 0.15) is 65.7 Å². The Bertz CT molecular complexity index is 580. The molecule has 0 atom stereocenters. The van der Waals surface area contributed by atoms with Crippen LogP contribution in [0.15, 0.2) is 4.99 Å². The Morgan fingerprint density at radius 3 is 2.29 bits per heavy atom. The second-order valence-corrected chi connectivity index (χ2v) is 10.1. The number of hydrogen-bond acceptors (Lipinski definition) is 4. The zero-order valence-corrected chi connectivity index (χ0v) is 22.2. The van der Waals surface area contributed by atoms with E-state index in [4.69, 9.17) is 9.47 Å². The van der Waals surface area contributed by atoms with Gasteiger partial charge in [0, 0.05) is 52.5 Å². The van der Waals surface area contributed by atoms with Crippen LogP contribution in [0.25, 0.3) is 0 Å². The highest BCUT2D eigenvalue weighted by molar-refractivity contribution is 14.0. The van der Waals surface area contributed by atoms with Crippen molar-refractivity contribution in [3.05, 3.63) is 0 Å². The molecule has 1 heterocycles. The van der Waals surface area contributed by atoms with E-state index in [2.05, 4.69) is 15.2 Å². The number of aliphatic imine (C=N–C) groups is 1. The second kappa shape index (κ2) is 12.5. The number of carbonyl (C=O) groups excluding carboxylic acids is 1. The molecule has 1 amide bonds. The molecule has 1 aliphatic heterocycles. The molecule has 0 bridgehead atoms. The summed E-state index contributed by atoms with van der Waals surface area (Å²) in [6.07, 6.45) is 7.91. The molecule has 180 valence electrons. The highest BCUT2D eigenvalue weighted by atomic mass is 127. The number of carbonyl (C=O) groups is 1. The van der Waals surface area contributed by atoms with E-state index in [1.807, 2.05) is 32.7 Å². The molecule has 31 heavy (non-hydrogen) atoms. The van der Waals surface area contributed by atoms with E-state index in [0.717, 1.165) is 70.5 Å². The Hall–Kier alpha value is -0.770. The molecule has 2 saturated carbocycles. The van der Waals surface area contributed by atoms with E-state index in [-0.39, 0.29) is 36.1 Å². The molecule has 3 rings (SSSR count). The van der Waals surface area contributed by atoms with Crippen LogP contribution in [0, 0.1) is 11.8 Å². The van der Waals surface area contributed by atoms with Gasteiger partial charge in [-0.3, -0.25) is 4.99 Å². The van der Waals surface area contributed by atoms with Crippen LogP contribution >= 0.6 is 24.0 Å².